The first kappa shape index (κ1) is 27.2. The van der Waals surface area contributed by atoms with E-state index in [0.29, 0.717) is 45.7 Å². The van der Waals surface area contributed by atoms with E-state index in [1.807, 2.05) is 34.6 Å². The number of allylic oxidation sites excluding steroid dienone is 1. The zero-order valence-corrected chi connectivity index (χ0v) is 22.5. The van der Waals surface area contributed by atoms with Gasteiger partial charge in [-0.15, -0.1) is 0 Å². The van der Waals surface area contributed by atoms with Crippen LogP contribution in [0.5, 0.6) is 11.5 Å². The van der Waals surface area contributed by atoms with Crippen molar-refractivity contribution >= 4 is 28.8 Å². The number of fused-ring (bicyclic) bond motifs is 1. The maximum Gasteiger partial charge on any atom is 0.338 e. The van der Waals surface area contributed by atoms with Gasteiger partial charge in [-0.25, -0.2) is 9.79 Å². The zero-order chi connectivity index (χ0) is 27.1. The first-order valence-electron chi connectivity index (χ1n) is 12.0. The fraction of sp³-hybridized carbons (Fsp3) is 0.333. The molecule has 4 rings (SSSR count). The molecule has 0 radical (unpaired) electrons. The molecular formula is C27H30N4O6S. The average Bonchev–Trinajstić information content (AvgIpc) is 3.33. The van der Waals surface area contributed by atoms with E-state index >= 15 is 0 Å². The fourth-order valence-corrected chi connectivity index (χ4v) is 5.15. The lowest BCUT2D eigenvalue weighted by atomic mass is 9.93. The van der Waals surface area contributed by atoms with Gasteiger partial charge in [0.1, 0.15) is 18.1 Å². The third kappa shape index (κ3) is 6.00. The van der Waals surface area contributed by atoms with Crippen LogP contribution in [0.25, 0.3) is 0 Å². The van der Waals surface area contributed by atoms with E-state index in [1.165, 1.54) is 18.9 Å². The standard InChI is InChI=1S/C27H30N4O6S/c1-17-24(26(33)37-12-11-34-2)25(21-9-8-20(35-3)14-22(21)36-4)31-19(16-38-27(31)30-17)13-23(32)29-15-18-7-5-6-10-28-18/h5-10,14,16,25H,11-13,15H2,1-4H3,(H,29,32)/t25-/m0/s1. The smallest absolute Gasteiger partial charge is 0.338 e. The Morgan fingerprint density at radius 3 is 2.66 bits per heavy atom. The molecule has 0 spiro atoms. The number of thioether (sulfide) groups is 1. The van der Waals surface area contributed by atoms with Crippen LogP contribution in [0.15, 0.2) is 70.0 Å². The largest absolute Gasteiger partial charge is 0.497 e. The summed E-state index contributed by atoms with van der Waals surface area (Å²) in [5, 5.41) is 5.46. The molecule has 1 N–H and O–H groups in total. The predicted octanol–water partition coefficient (Wildman–Crippen LogP) is 3.57. The first-order chi connectivity index (χ1) is 18.5. The number of carbonyl (C=O) groups excluding carboxylic acids is 2. The normalized spacial score (nSPS) is 16.4. The number of rotatable bonds is 11. The number of pyridine rings is 1. The Morgan fingerprint density at radius 1 is 1.11 bits per heavy atom. The van der Waals surface area contributed by atoms with Gasteiger partial charge in [-0.3, -0.25) is 9.78 Å². The second kappa shape index (κ2) is 12.6. The van der Waals surface area contributed by atoms with Crippen molar-refractivity contribution in [3.8, 4) is 11.5 Å². The van der Waals surface area contributed by atoms with Crippen molar-refractivity contribution in [2.75, 3.05) is 34.5 Å². The molecule has 0 saturated carbocycles. The number of nitrogens with zero attached hydrogens (tertiary/aromatic N) is 3. The van der Waals surface area contributed by atoms with Crippen LogP contribution in [0.1, 0.15) is 30.6 Å². The minimum Gasteiger partial charge on any atom is -0.497 e. The summed E-state index contributed by atoms with van der Waals surface area (Å²) in [6, 6.07) is 10.3. The SMILES string of the molecule is COCCOC(=O)C1=C(C)N=C2SC=C(CC(=O)NCc3ccccn3)N2[C@H]1c1ccc(OC)cc1OC. The number of methoxy groups -OCH3 is 3. The number of hydrogen-bond donors (Lipinski definition) is 1. The highest BCUT2D eigenvalue weighted by Crippen LogP contribution is 2.47. The molecule has 1 aromatic heterocycles. The number of carbonyl (C=O) groups is 2. The van der Waals surface area contributed by atoms with Crippen molar-refractivity contribution in [3.63, 3.8) is 0 Å². The van der Waals surface area contributed by atoms with Crippen LogP contribution >= 0.6 is 11.8 Å². The Labute approximate surface area is 225 Å². The summed E-state index contributed by atoms with van der Waals surface area (Å²) in [6.45, 7) is 2.46. The molecule has 0 aliphatic carbocycles. The number of ether oxygens (including phenoxy) is 4. The minimum absolute atomic E-state index is 0.0822. The summed E-state index contributed by atoms with van der Waals surface area (Å²) in [6.07, 6.45) is 1.77. The second-order valence-electron chi connectivity index (χ2n) is 8.40. The van der Waals surface area contributed by atoms with E-state index in [4.69, 9.17) is 18.9 Å². The number of aromatic nitrogens is 1. The molecule has 0 fully saturated rings. The van der Waals surface area contributed by atoms with Crippen molar-refractivity contribution in [1.29, 1.82) is 0 Å². The molecule has 2 aromatic rings. The summed E-state index contributed by atoms with van der Waals surface area (Å²) in [7, 11) is 4.67. The van der Waals surface area contributed by atoms with Crippen molar-refractivity contribution < 1.29 is 28.5 Å². The van der Waals surface area contributed by atoms with Gasteiger partial charge in [-0.05, 0) is 36.6 Å². The quantitative estimate of drug-likeness (QED) is 0.339. The lowest BCUT2D eigenvalue weighted by molar-refractivity contribution is -0.141. The summed E-state index contributed by atoms with van der Waals surface area (Å²) < 4.78 is 21.6. The third-order valence-corrected chi connectivity index (χ3v) is 6.90. The molecule has 11 heteroatoms. The Bertz CT molecular complexity index is 1280. The summed E-state index contributed by atoms with van der Waals surface area (Å²) in [4.78, 5) is 37.1. The molecule has 1 amide bonds. The van der Waals surface area contributed by atoms with E-state index in [0.717, 1.165) is 5.69 Å². The molecular weight excluding hydrogens is 508 g/mol. The molecule has 0 unspecified atom stereocenters. The van der Waals surface area contributed by atoms with Gasteiger partial charge in [0.15, 0.2) is 5.17 Å². The number of amides is 1. The van der Waals surface area contributed by atoms with Gasteiger partial charge in [-0.2, -0.15) is 0 Å². The van der Waals surface area contributed by atoms with E-state index in [2.05, 4.69) is 15.3 Å². The number of nitrogens with one attached hydrogen (secondary N) is 1. The number of amidine groups is 1. The predicted molar refractivity (Wildman–Crippen MR) is 143 cm³/mol. The van der Waals surface area contributed by atoms with Gasteiger partial charge in [0.05, 0.1) is 56.8 Å². The lowest BCUT2D eigenvalue weighted by Crippen LogP contribution is -2.38. The number of esters is 1. The maximum atomic E-state index is 13.4. The van der Waals surface area contributed by atoms with Crippen molar-refractivity contribution in [2.45, 2.75) is 25.9 Å². The zero-order valence-electron chi connectivity index (χ0n) is 21.7. The average molecular weight is 539 g/mol. The van der Waals surface area contributed by atoms with Crippen molar-refractivity contribution in [3.05, 3.63) is 76.2 Å². The molecule has 38 heavy (non-hydrogen) atoms. The molecule has 0 saturated heterocycles. The van der Waals surface area contributed by atoms with Crippen LogP contribution < -0.4 is 14.8 Å². The van der Waals surface area contributed by atoms with E-state index in [9.17, 15) is 9.59 Å². The number of aliphatic imine (C=N–C) groups is 1. The Kier molecular flexibility index (Phi) is 9.03. The number of benzene rings is 1. The van der Waals surface area contributed by atoms with Crippen LogP contribution in [0.2, 0.25) is 0 Å². The fourth-order valence-electron chi connectivity index (χ4n) is 4.18. The number of hydrogen-bond acceptors (Lipinski definition) is 10. The van der Waals surface area contributed by atoms with Crippen LogP contribution in [0, 0.1) is 0 Å². The monoisotopic (exact) mass is 538 g/mol. The molecule has 1 atom stereocenters. The van der Waals surface area contributed by atoms with Gasteiger partial charge >= 0.3 is 5.97 Å². The molecule has 1 aromatic carbocycles. The van der Waals surface area contributed by atoms with Gasteiger partial charge in [0.25, 0.3) is 0 Å². The van der Waals surface area contributed by atoms with Crippen LogP contribution in [0.3, 0.4) is 0 Å². The van der Waals surface area contributed by atoms with Crippen LogP contribution in [-0.4, -0.2) is 61.5 Å². The lowest BCUT2D eigenvalue weighted by Gasteiger charge is -2.36. The van der Waals surface area contributed by atoms with E-state index in [-0.39, 0.29) is 25.5 Å². The molecule has 2 aliphatic rings. The van der Waals surface area contributed by atoms with Gasteiger partial charge < -0.3 is 29.2 Å². The van der Waals surface area contributed by atoms with Crippen LogP contribution in [0.4, 0.5) is 0 Å². The topological polar surface area (TPSA) is 112 Å². The minimum atomic E-state index is -0.636. The summed E-state index contributed by atoms with van der Waals surface area (Å²) >= 11 is 1.40. The van der Waals surface area contributed by atoms with E-state index < -0.39 is 12.0 Å². The van der Waals surface area contributed by atoms with Gasteiger partial charge in [0.2, 0.25) is 5.91 Å². The molecule has 2 aliphatic heterocycles. The Hall–Kier alpha value is -3.83. The Morgan fingerprint density at radius 2 is 1.95 bits per heavy atom. The summed E-state index contributed by atoms with van der Waals surface area (Å²) in [5.74, 6) is 0.447. The Balaban J connectivity index is 1.66. The van der Waals surface area contributed by atoms with Crippen LogP contribution in [-0.2, 0) is 25.6 Å². The van der Waals surface area contributed by atoms with Gasteiger partial charge in [0, 0.05) is 30.6 Å². The molecule has 3 heterocycles. The summed E-state index contributed by atoms with van der Waals surface area (Å²) in [5.41, 5.74) is 3.06. The van der Waals surface area contributed by atoms with Crippen molar-refractivity contribution in [2.24, 2.45) is 4.99 Å². The highest BCUT2D eigenvalue weighted by Gasteiger charge is 2.42. The molecule has 10 nitrogen and oxygen atoms in total. The molecule has 200 valence electrons. The van der Waals surface area contributed by atoms with Crippen molar-refractivity contribution in [1.82, 2.24) is 15.2 Å². The highest BCUT2D eigenvalue weighted by atomic mass is 32.2. The highest BCUT2D eigenvalue weighted by molar-refractivity contribution is 8.16. The first-order valence-corrected chi connectivity index (χ1v) is 12.8. The third-order valence-electron chi connectivity index (χ3n) is 6.01. The second-order valence-corrected chi connectivity index (χ2v) is 9.24. The van der Waals surface area contributed by atoms with E-state index in [1.54, 1.807) is 39.5 Å². The maximum absolute atomic E-state index is 13.4. The van der Waals surface area contributed by atoms with Gasteiger partial charge in [-0.1, -0.05) is 17.8 Å². The molecule has 0 bridgehead atoms.